The SMILES string of the molecule is Cc1cc(-n2cc(F)cn2)c2cccc(OCc3c(Cl)ccnc3C(C)n3cccc(C#N)c3=O)c2n1. The first-order valence-electron chi connectivity index (χ1n) is 11.4. The van der Waals surface area contributed by atoms with Gasteiger partial charge in [0, 0.05) is 29.0 Å². The lowest BCUT2D eigenvalue weighted by molar-refractivity contribution is 0.306. The molecular weight excluding hydrogens is 495 g/mol. The average Bonchev–Trinajstić information content (AvgIpc) is 3.33. The topological polar surface area (TPSA) is 98.6 Å². The van der Waals surface area contributed by atoms with E-state index < -0.39 is 17.4 Å². The standard InChI is InChI=1S/C27H20ClFN6O2/c1-16-11-23(35-14-19(29)13-32-35)20-6-3-7-24(26(20)33-16)37-15-21-22(28)8-9-31-25(21)17(2)34-10-4-5-18(12-30)27(34)36/h3-11,13-14,17H,15H2,1-2H3. The van der Waals surface area contributed by atoms with Gasteiger partial charge in [0.05, 0.1) is 34.8 Å². The highest BCUT2D eigenvalue weighted by molar-refractivity contribution is 6.31. The predicted octanol–water partition coefficient (Wildman–Crippen LogP) is 5.14. The molecule has 184 valence electrons. The molecule has 37 heavy (non-hydrogen) atoms. The lowest BCUT2D eigenvalue weighted by Gasteiger charge is -2.19. The van der Waals surface area contributed by atoms with Crippen LogP contribution in [0.25, 0.3) is 16.6 Å². The van der Waals surface area contributed by atoms with Crippen LogP contribution in [-0.2, 0) is 6.61 Å². The van der Waals surface area contributed by atoms with Crippen LogP contribution < -0.4 is 10.3 Å². The molecule has 1 unspecified atom stereocenters. The third-order valence-corrected chi connectivity index (χ3v) is 6.37. The molecule has 0 N–H and O–H groups in total. The second-order valence-corrected chi connectivity index (χ2v) is 8.81. The zero-order valence-electron chi connectivity index (χ0n) is 19.9. The van der Waals surface area contributed by atoms with Crippen molar-refractivity contribution in [3.05, 3.63) is 111 Å². The number of fused-ring (bicyclic) bond motifs is 1. The number of para-hydroxylation sites is 1. The molecule has 5 aromatic rings. The van der Waals surface area contributed by atoms with Gasteiger partial charge in [0.25, 0.3) is 5.56 Å². The van der Waals surface area contributed by atoms with Crippen molar-refractivity contribution in [2.24, 2.45) is 0 Å². The van der Waals surface area contributed by atoms with Crippen LogP contribution in [0.1, 0.15) is 35.5 Å². The summed E-state index contributed by atoms with van der Waals surface area (Å²) in [4.78, 5) is 21.9. The van der Waals surface area contributed by atoms with E-state index in [1.54, 1.807) is 30.6 Å². The number of hydrogen-bond acceptors (Lipinski definition) is 6. The molecule has 4 heterocycles. The van der Waals surface area contributed by atoms with E-state index in [2.05, 4.69) is 15.1 Å². The zero-order valence-corrected chi connectivity index (χ0v) is 20.6. The van der Waals surface area contributed by atoms with Gasteiger partial charge in [0.15, 0.2) is 5.82 Å². The number of benzene rings is 1. The fourth-order valence-corrected chi connectivity index (χ4v) is 4.44. The highest BCUT2D eigenvalue weighted by Gasteiger charge is 2.20. The van der Waals surface area contributed by atoms with Crippen molar-refractivity contribution in [1.82, 2.24) is 24.3 Å². The number of nitrogens with zero attached hydrogens (tertiary/aromatic N) is 6. The van der Waals surface area contributed by atoms with E-state index in [1.807, 2.05) is 38.1 Å². The van der Waals surface area contributed by atoms with E-state index in [1.165, 1.54) is 21.5 Å². The molecule has 0 amide bonds. The highest BCUT2D eigenvalue weighted by atomic mass is 35.5. The van der Waals surface area contributed by atoms with Crippen molar-refractivity contribution in [3.8, 4) is 17.5 Å². The Morgan fingerprint density at radius 2 is 2.08 bits per heavy atom. The summed E-state index contributed by atoms with van der Waals surface area (Å²) in [5.41, 5.74) is 2.73. The predicted molar refractivity (Wildman–Crippen MR) is 136 cm³/mol. The maximum absolute atomic E-state index is 13.7. The van der Waals surface area contributed by atoms with Crippen molar-refractivity contribution in [1.29, 1.82) is 5.26 Å². The van der Waals surface area contributed by atoms with Crippen molar-refractivity contribution >= 4 is 22.5 Å². The Morgan fingerprint density at radius 1 is 1.24 bits per heavy atom. The molecule has 1 aromatic carbocycles. The Morgan fingerprint density at radius 3 is 2.84 bits per heavy atom. The van der Waals surface area contributed by atoms with E-state index in [0.29, 0.717) is 38.9 Å². The van der Waals surface area contributed by atoms with Gasteiger partial charge in [-0.2, -0.15) is 10.4 Å². The molecule has 5 rings (SSSR count). The van der Waals surface area contributed by atoms with E-state index >= 15 is 0 Å². The Kier molecular flexibility index (Phi) is 6.42. The summed E-state index contributed by atoms with van der Waals surface area (Å²) in [6, 6.07) is 13.5. The molecule has 4 aromatic heterocycles. The van der Waals surface area contributed by atoms with Gasteiger partial charge in [-0.3, -0.25) is 9.78 Å². The summed E-state index contributed by atoms with van der Waals surface area (Å²) in [6.07, 6.45) is 5.62. The molecule has 0 bridgehead atoms. The summed E-state index contributed by atoms with van der Waals surface area (Å²) in [7, 11) is 0. The van der Waals surface area contributed by atoms with Crippen molar-refractivity contribution in [2.45, 2.75) is 26.5 Å². The molecule has 1 atom stereocenters. The molecule has 10 heteroatoms. The second kappa shape index (κ2) is 9.84. The minimum Gasteiger partial charge on any atom is -0.486 e. The van der Waals surface area contributed by atoms with Crippen LogP contribution in [-0.4, -0.2) is 24.3 Å². The first-order chi connectivity index (χ1) is 17.9. The quantitative estimate of drug-likeness (QED) is 0.311. The summed E-state index contributed by atoms with van der Waals surface area (Å²) >= 11 is 6.55. The van der Waals surface area contributed by atoms with Gasteiger partial charge in [-0.25, -0.2) is 14.1 Å². The largest absolute Gasteiger partial charge is 0.486 e. The van der Waals surface area contributed by atoms with Gasteiger partial charge in [-0.15, -0.1) is 0 Å². The highest BCUT2D eigenvalue weighted by Crippen LogP contribution is 2.31. The van der Waals surface area contributed by atoms with Gasteiger partial charge in [0.2, 0.25) is 0 Å². The lowest BCUT2D eigenvalue weighted by atomic mass is 10.1. The number of aromatic nitrogens is 5. The third-order valence-electron chi connectivity index (χ3n) is 6.02. The van der Waals surface area contributed by atoms with E-state index in [9.17, 15) is 14.4 Å². The molecule has 0 fully saturated rings. The number of pyridine rings is 3. The van der Waals surface area contributed by atoms with Crippen molar-refractivity contribution in [3.63, 3.8) is 0 Å². The first kappa shape index (κ1) is 24.2. The van der Waals surface area contributed by atoms with Crippen LogP contribution in [0.2, 0.25) is 5.02 Å². The number of rotatable bonds is 6. The fourth-order valence-electron chi connectivity index (χ4n) is 4.24. The van der Waals surface area contributed by atoms with Gasteiger partial charge >= 0.3 is 0 Å². The van der Waals surface area contributed by atoms with Gasteiger partial charge in [0.1, 0.15) is 29.5 Å². The molecule has 0 spiro atoms. The lowest BCUT2D eigenvalue weighted by Crippen LogP contribution is -2.26. The zero-order chi connectivity index (χ0) is 26.1. The normalized spacial score (nSPS) is 11.9. The Bertz CT molecular complexity index is 1740. The van der Waals surface area contributed by atoms with Crippen LogP contribution in [0, 0.1) is 24.1 Å². The molecule has 8 nitrogen and oxygen atoms in total. The minimum atomic E-state index is -0.507. The van der Waals surface area contributed by atoms with Gasteiger partial charge < -0.3 is 9.30 Å². The van der Waals surface area contributed by atoms with E-state index in [-0.39, 0.29) is 12.2 Å². The summed E-state index contributed by atoms with van der Waals surface area (Å²) in [5, 5.41) is 14.5. The maximum Gasteiger partial charge on any atom is 0.269 e. The Balaban J connectivity index is 1.53. The Hall–Kier alpha value is -4.55. The van der Waals surface area contributed by atoms with Gasteiger partial charge in [-0.05, 0) is 44.2 Å². The molecule has 0 saturated carbocycles. The summed E-state index contributed by atoms with van der Waals surface area (Å²) < 4.78 is 22.8. The molecular formula is C27H20ClFN6O2. The van der Waals surface area contributed by atoms with Crippen LogP contribution in [0.15, 0.2) is 72.0 Å². The van der Waals surface area contributed by atoms with Crippen molar-refractivity contribution < 1.29 is 9.13 Å². The Labute approximate surface area is 216 Å². The monoisotopic (exact) mass is 514 g/mol. The second-order valence-electron chi connectivity index (χ2n) is 8.41. The molecule has 0 aliphatic rings. The van der Waals surface area contributed by atoms with Crippen molar-refractivity contribution in [2.75, 3.05) is 0 Å². The molecule has 0 radical (unpaired) electrons. The molecule has 0 saturated heterocycles. The van der Waals surface area contributed by atoms with Crippen LogP contribution in [0.3, 0.4) is 0 Å². The van der Waals surface area contributed by atoms with E-state index in [0.717, 1.165) is 11.6 Å². The number of hydrogen-bond donors (Lipinski definition) is 0. The summed E-state index contributed by atoms with van der Waals surface area (Å²) in [6.45, 7) is 3.70. The molecule has 0 aliphatic heterocycles. The smallest absolute Gasteiger partial charge is 0.269 e. The van der Waals surface area contributed by atoms with E-state index in [4.69, 9.17) is 16.3 Å². The summed E-state index contributed by atoms with van der Waals surface area (Å²) in [5.74, 6) is 0.0551. The number of nitriles is 1. The fraction of sp³-hybridized carbons (Fsp3) is 0.148. The van der Waals surface area contributed by atoms with Crippen LogP contribution in [0.4, 0.5) is 4.39 Å². The number of ether oxygens (including phenoxy) is 1. The van der Waals surface area contributed by atoms with Crippen LogP contribution in [0.5, 0.6) is 5.75 Å². The number of halogens is 2. The minimum absolute atomic E-state index is 0.0410. The van der Waals surface area contributed by atoms with Crippen LogP contribution >= 0.6 is 11.6 Å². The third kappa shape index (κ3) is 4.55. The van der Waals surface area contributed by atoms with Gasteiger partial charge in [-0.1, -0.05) is 23.7 Å². The number of aryl methyl sites for hydroxylation is 1. The average molecular weight is 515 g/mol. The molecule has 0 aliphatic carbocycles. The maximum atomic E-state index is 13.7. The first-order valence-corrected chi connectivity index (χ1v) is 11.7.